The minimum atomic E-state index is -4.56. The molecule has 1 aromatic heterocycles. The van der Waals surface area contributed by atoms with Gasteiger partial charge in [0.2, 0.25) is 0 Å². The maximum atomic E-state index is 12.5. The molecule has 0 saturated heterocycles. The van der Waals surface area contributed by atoms with Crippen LogP contribution in [-0.4, -0.2) is 10.1 Å². The average Bonchev–Trinajstić information content (AvgIpc) is 2.01. The predicted molar refractivity (Wildman–Crippen MR) is 45.0 cm³/mol. The third-order valence-electron chi connectivity index (χ3n) is 1.79. The molecule has 78 valence electrons. The second kappa shape index (κ2) is 3.48. The molecule has 1 N–H and O–H groups in total. The fourth-order valence-corrected chi connectivity index (χ4v) is 1.20. The lowest BCUT2D eigenvalue weighted by Gasteiger charge is -2.15. The van der Waals surface area contributed by atoms with Crippen LogP contribution in [0.5, 0.6) is 5.75 Å². The normalized spacial score (nSPS) is 12.1. The van der Waals surface area contributed by atoms with Gasteiger partial charge in [-0.25, -0.2) is 0 Å². The first kappa shape index (κ1) is 10.8. The number of alkyl halides is 3. The molecule has 0 unspecified atom stereocenters. The number of halogens is 3. The Kier molecular flexibility index (Phi) is 2.69. The summed E-state index contributed by atoms with van der Waals surface area (Å²) >= 11 is 0. The molecule has 0 aliphatic carbocycles. The molecule has 0 bridgehead atoms. The lowest BCUT2D eigenvalue weighted by Crippen LogP contribution is -2.12. The Balaban J connectivity index is 3.38. The summed E-state index contributed by atoms with van der Waals surface area (Å²) in [7, 11) is 0. The maximum absolute atomic E-state index is 12.5. The van der Waals surface area contributed by atoms with E-state index in [4.69, 9.17) is 5.11 Å². The average molecular weight is 205 g/mol. The van der Waals surface area contributed by atoms with Gasteiger partial charge >= 0.3 is 6.18 Å². The Morgan fingerprint density at radius 1 is 1.36 bits per heavy atom. The molecule has 0 spiro atoms. The number of hydrogen-bond donors (Lipinski definition) is 1. The molecule has 0 atom stereocenters. The largest absolute Gasteiger partial charge is 0.507 e. The molecule has 5 heteroatoms. The van der Waals surface area contributed by atoms with E-state index in [-0.39, 0.29) is 11.6 Å². The standard InChI is InChI=1S/C9H10F3NO/c1-5(2)8-7(9(10,11)12)6(14)3-4-13-8/h3-5H,1-2H3,(H,13,14). The topological polar surface area (TPSA) is 33.1 Å². The highest BCUT2D eigenvalue weighted by Crippen LogP contribution is 2.39. The summed E-state index contributed by atoms with van der Waals surface area (Å²) in [6.07, 6.45) is -3.39. The molecule has 1 rings (SSSR count). The lowest BCUT2D eigenvalue weighted by atomic mass is 10.0. The Morgan fingerprint density at radius 3 is 2.29 bits per heavy atom. The van der Waals surface area contributed by atoms with Gasteiger partial charge in [-0.2, -0.15) is 13.2 Å². The van der Waals surface area contributed by atoms with E-state index < -0.39 is 17.5 Å². The number of rotatable bonds is 1. The van der Waals surface area contributed by atoms with Crippen molar-refractivity contribution in [1.82, 2.24) is 4.98 Å². The molecule has 0 radical (unpaired) electrons. The minimum absolute atomic E-state index is 0.127. The molecular weight excluding hydrogens is 195 g/mol. The number of hydrogen-bond acceptors (Lipinski definition) is 2. The van der Waals surface area contributed by atoms with Gasteiger partial charge in [0, 0.05) is 6.20 Å². The van der Waals surface area contributed by atoms with Gasteiger partial charge in [-0.1, -0.05) is 13.8 Å². The monoisotopic (exact) mass is 205 g/mol. The van der Waals surface area contributed by atoms with Crippen molar-refractivity contribution in [2.24, 2.45) is 0 Å². The Bertz CT molecular complexity index is 333. The van der Waals surface area contributed by atoms with Gasteiger partial charge in [0.05, 0.1) is 5.69 Å². The fraction of sp³-hybridized carbons (Fsp3) is 0.444. The Morgan fingerprint density at radius 2 is 1.93 bits per heavy atom. The molecular formula is C9H10F3NO. The van der Waals surface area contributed by atoms with E-state index in [0.29, 0.717) is 0 Å². The third-order valence-corrected chi connectivity index (χ3v) is 1.79. The van der Waals surface area contributed by atoms with Crippen molar-refractivity contribution >= 4 is 0 Å². The van der Waals surface area contributed by atoms with Crippen molar-refractivity contribution in [3.63, 3.8) is 0 Å². The van der Waals surface area contributed by atoms with Crippen LogP contribution in [0.25, 0.3) is 0 Å². The summed E-state index contributed by atoms with van der Waals surface area (Å²) in [5, 5.41) is 9.12. The summed E-state index contributed by atoms with van der Waals surface area (Å²) in [6, 6.07) is 0.939. The molecule has 0 aromatic carbocycles. The van der Waals surface area contributed by atoms with E-state index in [1.165, 1.54) is 6.20 Å². The molecule has 0 aliphatic rings. The van der Waals surface area contributed by atoms with Crippen molar-refractivity contribution in [1.29, 1.82) is 0 Å². The van der Waals surface area contributed by atoms with E-state index in [0.717, 1.165) is 6.07 Å². The molecule has 2 nitrogen and oxygen atoms in total. The first-order chi connectivity index (χ1) is 6.34. The predicted octanol–water partition coefficient (Wildman–Crippen LogP) is 2.93. The van der Waals surface area contributed by atoms with Crippen molar-refractivity contribution in [2.45, 2.75) is 25.9 Å². The minimum Gasteiger partial charge on any atom is -0.507 e. The van der Waals surface area contributed by atoms with Crippen LogP contribution in [0.4, 0.5) is 13.2 Å². The van der Waals surface area contributed by atoms with Crippen LogP contribution >= 0.6 is 0 Å². The van der Waals surface area contributed by atoms with Crippen LogP contribution in [0.2, 0.25) is 0 Å². The van der Waals surface area contributed by atoms with Crippen molar-refractivity contribution in [2.75, 3.05) is 0 Å². The summed E-state index contributed by atoms with van der Waals surface area (Å²) in [5.74, 6) is -1.14. The van der Waals surface area contributed by atoms with Gasteiger partial charge in [-0.05, 0) is 12.0 Å². The SMILES string of the molecule is CC(C)c1nccc(O)c1C(F)(F)F. The Hall–Kier alpha value is -1.26. The van der Waals surface area contributed by atoms with Gasteiger partial charge in [0.25, 0.3) is 0 Å². The van der Waals surface area contributed by atoms with E-state index in [1.54, 1.807) is 13.8 Å². The zero-order valence-electron chi connectivity index (χ0n) is 7.76. The van der Waals surface area contributed by atoms with E-state index in [2.05, 4.69) is 4.98 Å². The smallest absolute Gasteiger partial charge is 0.421 e. The molecule has 0 saturated carbocycles. The highest BCUT2D eigenvalue weighted by molar-refractivity contribution is 5.38. The lowest BCUT2D eigenvalue weighted by molar-refractivity contribution is -0.139. The molecule has 0 amide bonds. The third kappa shape index (κ3) is 1.97. The number of aromatic nitrogens is 1. The Labute approximate surface area is 79.4 Å². The van der Waals surface area contributed by atoms with Crippen LogP contribution in [0.1, 0.15) is 31.0 Å². The van der Waals surface area contributed by atoms with Crippen LogP contribution < -0.4 is 0 Å². The number of nitrogens with zero attached hydrogens (tertiary/aromatic N) is 1. The quantitative estimate of drug-likeness (QED) is 0.764. The van der Waals surface area contributed by atoms with Gasteiger partial charge in [0.1, 0.15) is 11.3 Å². The summed E-state index contributed by atoms with van der Waals surface area (Å²) in [6.45, 7) is 3.19. The summed E-state index contributed by atoms with van der Waals surface area (Å²) in [4.78, 5) is 3.63. The van der Waals surface area contributed by atoms with Crippen molar-refractivity contribution in [3.05, 3.63) is 23.5 Å². The zero-order valence-corrected chi connectivity index (χ0v) is 7.76. The number of pyridine rings is 1. The van der Waals surface area contributed by atoms with Crippen LogP contribution in [-0.2, 0) is 6.18 Å². The number of aromatic hydroxyl groups is 1. The highest BCUT2D eigenvalue weighted by atomic mass is 19.4. The van der Waals surface area contributed by atoms with E-state index in [9.17, 15) is 13.2 Å². The molecule has 14 heavy (non-hydrogen) atoms. The van der Waals surface area contributed by atoms with E-state index >= 15 is 0 Å². The molecule has 1 heterocycles. The molecule has 0 fully saturated rings. The van der Waals surface area contributed by atoms with Gasteiger partial charge in [0.15, 0.2) is 0 Å². The van der Waals surface area contributed by atoms with Crippen molar-refractivity contribution in [3.8, 4) is 5.75 Å². The zero-order chi connectivity index (χ0) is 10.9. The first-order valence-corrected chi connectivity index (χ1v) is 4.09. The van der Waals surface area contributed by atoms with Crippen LogP contribution in [0, 0.1) is 0 Å². The molecule has 1 aromatic rings. The van der Waals surface area contributed by atoms with Crippen molar-refractivity contribution < 1.29 is 18.3 Å². The first-order valence-electron chi connectivity index (χ1n) is 4.09. The maximum Gasteiger partial charge on any atom is 0.421 e. The van der Waals surface area contributed by atoms with Crippen LogP contribution in [0.3, 0.4) is 0 Å². The summed E-state index contributed by atoms with van der Waals surface area (Å²) < 4.78 is 37.4. The second-order valence-corrected chi connectivity index (χ2v) is 3.24. The highest BCUT2D eigenvalue weighted by Gasteiger charge is 2.37. The molecule has 0 aliphatic heterocycles. The van der Waals surface area contributed by atoms with Gasteiger partial charge in [-0.3, -0.25) is 4.98 Å². The van der Waals surface area contributed by atoms with Gasteiger partial charge in [-0.15, -0.1) is 0 Å². The van der Waals surface area contributed by atoms with Crippen LogP contribution in [0.15, 0.2) is 12.3 Å². The van der Waals surface area contributed by atoms with E-state index in [1.807, 2.05) is 0 Å². The van der Waals surface area contributed by atoms with Gasteiger partial charge < -0.3 is 5.11 Å². The summed E-state index contributed by atoms with van der Waals surface area (Å²) in [5.41, 5.74) is -1.16. The fourth-order valence-electron chi connectivity index (χ4n) is 1.20. The second-order valence-electron chi connectivity index (χ2n) is 3.24.